The fraction of sp³-hybridized carbons (Fsp3) is 0.304. The minimum atomic E-state index is -0.479. The van der Waals surface area contributed by atoms with Gasteiger partial charge in [0.1, 0.15) is 17.2 Å². The predicted octanol–water partition coefficient (Wildman–Crippen LogP) is 4.60. The number of phenols is 2. The number of anilines is 1. The maximum Gasteiger partial charge on any atom is 0.190 e. The molecule has 152 valence electrons. The Bertz CT molecular complexity index is 906. The van der Waals surface area contributed by atoms with Gasteiger partial charge in [0.25, 0.3) is 0 Å². The average molecular weight is 395 g/mol. The van der Waals surface area contributed by atoms with Gasteiger partial charge in [0.05, 0.1) is 17.7 Å². The SMILES string of the molecule is CCCCCCOc1cc2ccc1CN2.O=C1C=CC(=O)c2c(O)ccc(O)c21. The molecule has 0 unspecified atom stereocenters. The van der Waals surface area contributed by atoms with Gasteiger partial charge in [-0.3, -0.25) is 9.59 Å². The zero-order chi connectivity index (χ0) is 20.8. The van der Waals surface area contributed by atoms with Crippen molar-refractivity contribution in [2.45, 2.75) is 39.2 Å². The van der Waals surface area contributed by atoms with E-state index in [1.165, 1.54) is 49.1 Å². The number of ether oxygens (including phenoxy) is 1. The van der Waals surface area contributed by atoms with Crippen LogP contribution in [0.2, 0.25) is 0 Å². The first-order valence-corrected chi connectivity index (χ1v) is 9.82. The zero-order valence-electron chi connectivity index (χ0n) is 16.4. The Kier molecular flexibility index (Phi) is 6.54. The second-order valence-corrected chi connectivity index (χ2v) is 7.00. The van der Waals surface area contributed by atoms with E-state index in [9.17, 15) is 19.8 Å². The summed E-state index contributed by atoms with van der Waals surface area (Å²) in [5.41, 5.74) is 2.20. The topological polar surface area (TPSA) is 95.9 Å². The van der Waals surface area contributed by atoms with Crippen molar-refractivity contribution in [3.63, 3.8) is 0 Å². The molecule has 6 nitrogen and oxygen atoms in total. The molecule has 0 saturated carbocycles. The molecule has 0 atom stereocenters. The van der Waals surface area contributed by atoms with Crippen LogP contribution in [0, 0.1) is 0 Å². The third kappa shape index (κ3) is 4.77. The highest BCUT2D eigenvalue weighted by Gasteiger charge is 2.25. The number of allylic oxidation sites excluding steroid dienone is 2. The molecular formula is C23H25NO5. The fourth-order valence-corrected chi connectivity index (χ4v) is 3.25. The Morgan fingerprint density at radius 3 is 2.07 bits per heavy atom. The van der Waals surface area contributed by atoms with Crippen LogP contribution in [-0.4, -0.2) is 28.4 Å². The normalized spacial score (nSPS) is 13.4. The van der Waals surface area contributed by atoms with Gasteiger partial charge >= 0.3 is 0 Å². The van der Waals surface area contributed by atoms with E-state index in [0.717, 1.165) is 31.1 Å². The molecule has 0 fully saturated rings. The highest BCUT2D eigenvalue weighted by Crippen LogP contribution is 2.32. The Labute approximate surface area is 169 Å². The van der Waals surface area contributed by atoms with Crippen LogP contribution in [0.1, 0.15) is 58.9 Å². The molecule has 1 aliphatic carbocycles. The summed E-state index contributed by atoms with van der Waals surface area (Å²) in [5, 5.41) is 22.0. The molecule has 5 rings (SSSR count). The van der Waals surface area contributed by atoms with Crippen molar-refractivity contribution in [2.24, 2.45) is 0 Å². The summed E-state index contributed by atoms with van der Waals surface area (Å²) in [7, 11) is 0. The molecule has 0 aromatic heterocycles. The van der Waals surface area contributed by atoms with E-state index >= 15 is 0 Å². The van der Waals surface area contributed by atoms with Crippen molar-refractivity contribution in [1.82, 2.24) is 0 Å². The molecule has 2 bridgehead atoms. The first-order valence-electron chi connectivity index (χ1n) is 9.82. The number of carbonyl (C=O) groups is 2. The Hall–Kier alpha value is -3.28. The molecule has 2 aromatic carbocycles. The molecule has 0 amide bonds. The number of hydrogen-bond donors (Lipinski definition) is 3. The quantitative estimate of drug-likeness (QED) is 0.488. The van der Waals surface area contributed by atoms with Crippen LogP contribution in [0.25, 0.3) is 0 Å². The van der Waals surface area contributed by atoms with Crippen LogP contribution in [-0.2, 0) is 6.54 Å². The van der Waals surface area contributed by atoms with Crippen LogP contribution in [0.3, 0.4) is 0 Å². The molecule has 2 heterocycles. The largest absolute Gasteiger partial charge is 0.507 e. The summed E-state index contributed by atoms with van der Waals surface area (Å²) in [4.78, 5) is 22.6. The lowest BCUT2D eigenvalue weighted by atomic mass is 9.93. The van der Waals surface area contributed by atoms with E-state index in [1.54, 1.807) is 0 Å². The van der Waals surface area contributed by atoms with Gasteiger partial charge in [-0.1, -0.05) is 32.3 Å². The van der Waals surface area contributed by atoms with Gasteiger partial charge in [-0.15, -0.1) is 0 Å². The second kappa shape index (κ2) is 9.28. The average Bonchev–Trinajstić information content (AvgIpc) is 2.74. The highest BCUT2D eigenvalue weighted by atomic mass is 16.5. The van der Waals surface area contributed by atoms with Crippen LogP contribution in [0.5, 0.6) is 17.2 Å². The number of unbranched alkanes of at least 4 members (excludes halogenated alkanes) is 3. The monoisotopic (exact) mass is 395 g/mol. The highest BCUT2D eigenvalue weighted by molar-refractivity contribution is 6.24. The molecule has 0 radical (unpaired) electrons. The molecule has 0 saturated heterocycles. The Morgan fingerprint density at radius 1 is 0.931 bits per heavy atom. The van der Waals surface area contributed by atoms with Crippen molar-refractivity contribution >= 4 is 17.3 Å². The van der Waals surface area contributed by atoms with Gasteiger partial charge in [-0.05, 0) is 36.8 Å². The lowest BCUT2D eigenvalue weighted by Gasteiger charge is -2.19. The molecule has 3 aliphatic rings. The summed E-state index contributed by atoms with van der Waals surface area (Å²) in [5.74, 6) is -0.468. The molecule has 2 aromatic rings. The van der Waals surface area contributed by atoms with Crippen molar-refractivity contribution in [1.29, 1.82) is 0 Å². The second-order valence-electron chi connectivity index (χ2n) is 7.00. The number of hydrogen-bond acceptors (Lipinski definition) is 6. The fourth-order valence-electron chi connectivity index (χ4n) is 3.25. The number of phenolic OH excluding ortho intramolecular Hbond substituents is 2. The van der Waals surface area contributed by atoms with Crippen LogP contribution in [0.15, 0.2) is 42.5 Å². The van der Waals surface area contributed by atoms with Gasteiger partial charge in [-0.25, -0.2) is 0 Å². The first kappa shape index (κ1) is 20.5. The Morgan fingerprint density at radius 2 is 1.59 bits per heavy atom. The van der Waals surface area contributed by atoms with E-state index in [2.05, 4.69) is 30.4 Å². The first-order chi connectivity index (χ1) is 14.0. The van der Waals surface area contributed by atoms with Crippen LogP contribution >= 0.6 is 0 Å². The maximum atomic E-state index is 11.3. The standard InChI is InChI=1S/C13H19NO.C10H6O4/c1-2-3-4-5-8-15-13-9-12-7-6-11(13)10-14-12;11-5-1-2-6(12)10-8(14)4-3-7(13)9(5)10/h6-7,9,14H,2-5,8,10H2,1H3;1-4,11-12H. The third-order valence-corrected chi connectivity index (χ3v) is 4.85. The minimum absolute atomic E-state index is 0.127. The van der Waals surface area contributed by atoms with Gasteiger partial charge in [0.15, 0.2) is 11.6 Å². The van der Waals surface area contributed by atoms with Crippen molar-refractivity contribution in [3.8, 4) is 17.2 Å². The molecule has 29 heavy (non-hydrogen) atoms. The predicted molar refractivity (Wildman–Crippen MR) is 111 cm³/mol. The number of rotatable bonds is 6. The summed E-state index contributed by atoms with van der Waals surface area (Å²) in [6, 6.07) is 8.70. The third-order valence-electron chi connectivity index (χ3n) is 4.85. The minimum Gasteiger partial charge on any atom is -0.507 e. The summed E-state index contributed by atoms with van der Waals surface area (Å²) >= 11 is 0. The molecule has 2 aliphatic heterocycles. The van der Waals surface area contributed by atoms with Gasteiger partial charge in [0, 0.05) is 23.9 Å². The molecule has 3 N–H and O–H groups in total. The van der Waals surface area contributed by atoms with E-state index in [0.29, 0.717) is 0 Å². The van der Waals surface area contributed by atoms with Gasteiger partial charge in [-0.2, -0.15) is 0 Å². The number of benzene rings is 2. The number of ketones is 2. The van der Waals surface area contributed by atoms with E-state index in [1.807, 2.05) is 0 Å². The lowest BCUT2D eigenvalue weighted by Crippen LogP contribution is -2.11. The van der Waals surface area contributed by atoms with Gasteiger partial charge in [0.2, 0.25) is 0 Å². The summed E-state index contributed by atoms with van der Waals surface area (Å²) < 4.78 is 5.78. The molecule has 6 heteroatoms. The number of fused-ring (bicyclic) bond motifs is 4. The van der Waals surface area contributed by atoms with Crippen LogP contribution < -0.4 is 10.1 Å². The number of nitrogens with one attached hydrogen (secondary N) is 1. The maximum absolute atomic E-state index is 11.3. The number of carbonyl (C=O) groups excluding carboxylic acids is 2. The van der Waals surface area contributed by atoms with E-state index in [-0.39, 0.29) is 22.6 Å². The van der Waals surface area contributed by atoms with E-state index in [4.69, 9.17) is 4.74 Å². The van der Waals surface area contributed by atoms with Crippen molar-refractivity contribution in [2.75, 3.05) is 11.9 Å². The Balaban J connectivity index is 0.000000166. The van der Waals surface area contributed by atoms with E-state index < -0.39 is 11.6 Å². The zero-order valence-corrected chi connectivity index (χ0v) is 16.4. The van der Waals surface area contributed by atoms with Crippen molar-refractivity contribution in [3.05, 3.63) is 59.2 Å². The summed E-state index contributed by atoms with van der Waals surface area (Å²) in [6.07, 6.45) is 7.20. The molecular weight excluding hydrogens is 370 g/mol. The van der Waals surface area contributed by atoms with Crippen LogP contribution in [0.4, 0.5) is 5.69 Å². The smallest absolute Gasteiger partial charge is 0.190 e. The molecule has 0 spiro atoms. The summed E-state index contributed by atoms with van der Waals surface area (Å²) in [6.45, 7) is 4.01. The van der Waals surface area contributed by atoms with Gasteiger partial charge < -0.3 is 20.3 Å². The number of aromatic hydroxyl groups is 2. The van der Waals surface area contributed by atoms with Crippen molar-refractivity contribution < 1.29 is 24.5 Å². The lowest BCUT2D eigenvalue weighted by molar-refractivity contribution is 0.0989.